The molecule has 0 radical (unpaired) electrons. The van der Waals surface area contributed by atoms with Gasteiger partial charge in [-0.05, 0) is 24.6 Å². The number of hydrogen-bond acceptors (Lipinski definition) is 4. The monoisotopic (exact) mass is 225 g/mol. The van der Waals surface area contributed by atoms with E-state index in [1.54, 1.807) is 14.2 Å². The van der Waals surface area contributed by atoms with Crippen molar-refractivity contribution < 1.29 is 14.6 Å². The van der Waals surface area contributed by atoms with Crippen molar-refractivity contribution in [1.29, 1.82) is 0 Å². The molecule has 0 saturated heterocycles. The van der Waals surface area contributed by atoms with E-state index in [1.807, 2.05) is 25.1 Å². The summed E-state index contributed by atoms with van der Waals surface area (Å²) in [5.74, 6) is 1.44. The number of rotatable bonds is 6. The minimum atomic E-state index is 0.0908. The van der Waals surface area contributed by atoms with Crippen LogP contribution in [0.3, 0.4) is 0 Å². The van der Waals surface area contributed by atoms with Crippen molar-refractivity contribution in [2.45, 2.75) is 19.5 Å². The Morgan fingerprint density at radius 1 is 1.25 bits per heavy atom. The molecule has 0 aromatic heterocycles. The van der Waals surface area contributed by atoms with Gasteiger partial charge in [-0.3, -0.25) is 0 Å². The van der Waals surface area contributed by atoms with E-state index < -0.39 is 0 Å². The Morgan fingerprint density at radius 2 is 1.94 bits per heavy atom. The molecule has 1 atom stereocenters. The van der Waals surface area contributed by atoms with Crippen LogP contribution in [0.1, 0.15) is 12.5 Å². The van der Waals surface area contributed by atoms with Crippen molar-refractivity contribution in [3.05, 3.63) is 23.8 Å². The van der Waals surface area contributed by atoms with E-state index in [4.69, 9.17) is 14.6 Å². The lowest BCUT2D eigenvalue weighted by atomic mass is 10.2. The number of aliphatic hydroxyl groups is 1. The van der Waals surface area contributed by atoms with Crippen LogP contribution in [-0.2, 0) is 6.54 Å². The van der Waals surface area contributed by atoms with E-state index in [0.29, 0.717) is 6.54 Å². The molecule has 2 N–H and O–H groups in total. The van der Waals surface area contributed by atoms with E-state index >= 15 is 0 Å². The summed E-state index contributed by atoms with van der Waals surface area (Å²) in [5.41, 5.74) is 1.10. The first-order chi connectivity index (χ1) is 7.71. The first-order valence-electron chi connectivity index (χ1n) is 5.26. The number of methoxy groups -OCH3 is 2. The van der Waals surface area contributed by atoms with Crippen LogP contribution in [-0.4, -0.2) is 32.0 Å². The molecule has 4 heteroatoms. The highest BCUT2D eigenvalue weighted by Gasteiger charge is 2.05. The number of hydrogen-bond donors (Lipinski definition) is 2. The lowest BCUT2D eigenvalue weighted by molar-refractivity contribution is 0.251. The normalized spacial score (nSPS) is 12.2. The van der Waals surface area contributed by atoms with Crippen molar-refractivity contribution in [3.63, 3.8) is 0 Å². The molecule has 16 heavy (non-hydrogen) atoms. The van der Waals surface area contributed by atoms with E-state index in [0.717, 1.165) is 17.1 Å². The first kappa shape index (κ1) is 12.8. The van der Waals surface area contributed by atoms with Gasteiger partial charge in [0.2, 0.25) is 0 Å². The standard InChI is InChI=1S/C12H19NO3/c1-9(8-14)13-7-10-4-5-11(15-2)12(6-10)16-3/h4-6,9,13-14H,7-8H2,1-3H3/t9-/m0/s1. The first-order valence-corrected chi connectivity index (χ1v) is 5.26. The zero-order valence-electron chi connectivity index (χ0n) is 9.99. The molecule has 0 unspecified atom stereocenters. The summed E-state index contributed by atoms with van der Waals surface area (Å²) >= 11 is 0. The van der Waals surface area contributed by atoms with Gasteiger partial charge in [-0.15, -0.1) is 0 Å². The lowest BCUT2D eigenvalue weighted by Gasteiger charge is -2.12. The van der Waals surface area contributed by atoms with Crippen LogP contribution in [0.4, 0.5) is 0 Å². The quantitative estimate of drug-likeness (QED) is 0.763. The van der Waals surface area contributed by atoms with Gasteiger partial charge < -0.3 is 19.9 Å². The molecule has 0 aliphatic heterocycles. The van der Waals surface area contributed by atoms with E-state index in [1.165, 1.54) is 0 Å². The van der Waals surface area contributed by atoms with Crippen molar-refractivity contribution in [1.82, 2.24) is 5.32 Å². The van der Waals surface area contributed by atoms with E-state index in [2.05, 4.69) is 5.32 Å². The maximum Gasteiger partial charge on any atom is 0.161 e. The van der Waals surface area contributed by atoms with Gasteiger partial charge in [-0.25, -0.2) is 0 Å². The largest absolute Gasteiger partial charge is 0.493 e. The molecule has 0 saturated carbocycles. The van der Waals surface area contributed by atoms with Gasteiger partial charge in [0, 0.05) is 12.6 Å². The summed E-state index contributed by atoms with van der Waals surface area (Å²) in [6.07, 6.45) is 0. The van der Waals surface area contributed by atoms with Crippen LogP contribution in [0.25, 0.3) is 0 Å². The Kier molecular flexibility index (Phi) is 5.08. The van der Waals surface area contributed by atoms with Crippen molar-refractivity contribution in [3.8, 4) is 11.5 Å². The number of aliphatic hydroxyl groups excluding tert-OH is 1. The highest BCUT2D eigenvalue weighted by Crippen LogP contribution is 2.27. The fourth-order valence-electron chi connectivity index (χ4n) is 1.35. The summed E-state index contributed by atoms with van der Waals surface area (Å²) in [6, 6.07) is 5.86. The minimum Gasteiger partial charge on any atom is -0.493 e. The summed E-state index contributed by atoms with van der Waals surface area (Å²) in [7, 11) is 3.23. The average molecular weight is 225 g/mol. The topological polar surface area (TPSA) is 50.7 Å². The third-order valence-electron chi connectivity index (χ3n) is 2.38. The van der Waals surface area contributed by atoms with Crippen molar-refractivity contribution in [2.75, 3.05) is 20.8 Å². The maximum absolute atomic E-state index is 8.89. The molecular formula is C12H19NO3. The van der Waals surface area contributed by atoms with Crippen LogP contribution in [0, 0.1) is 0 Å². The fourth-order valence-corrected chi connectivity index (χ4v) is 1.35. The fraction of sp³-hybridized carbons (Fsp3) is 0.500. The zero-order valence-corrected chi connectivity index (χ0v) is 9.99. The molecule has 4 nitrogen and oxygen atoms in total. The summed E-state index contributed by atoms with van der Waals surface area (Å²) in [4.78, 5) is 0. The molecule has 90 valence electrons. The van der Waals surface area contributed by atoms with Crippen molar-refractivity contribution >= 4 is 0 Å². The molecule has 1 aromatic carbocycles. The third-order valence-corrected chi connectivity index (χ3v) is 2.38. The molecule has 0 heterocycles. The average Bonchev–Trinajstić information content (AvgIpc) is 2.35. The molecule has 0 aliphatic rings. The van der Waals surface area contributed by atoms with Crippen LogP contribution in [0.5, 0.6) is 11.5 Å². The van der Waals surface area contributed by atoms with Gasteiger partial charge >= 0.3 is 0 Å². The summed E-state index contributed by atoms with van der Waals surface area (Å²) < 4.78 is 10.4. The van der Waals surface area contributed by atoms with Gasteiger partial charge in [0.05, 0.1) is 20.8 Å². The molecule has 0 bridgehead atoms. The molecule has 0 spiro atoms. The Morgan fingerprint density at radius 3 is 2.50 bits per heavy atom. The lowest BCUT2D eigenvalue weighted by Crippen LogP contribution is -2.28. The smallest absolute Gasteiger partial charge is 0.161 e. The SMILES string of the molecule is COc1ccc(CN[C@@H](C)CO)cc1OC. The predicted octanol–water partition coefficient (Wildman–Crippen LogP) is 1.17. The maximum atomic E-state index is 8.89. The molecular weight excluding hydrogens is 206 g/mol. The van der Waals surface area contributed by atoms with Gasteiger partial charge in [0.15, 0.2) is 11.5 Å². The Bertz CT molecular complexity index is 328. The second kappa shape index (κ2) is 6.35. The summed E-state index contributed by atoms with van der Waals surface area (Å²) in [5, 5.41) is 12.1. The molecule has 0 fully saturated rings. The zero-order chi connectivity index (χ0) is 12.0. The predicted molar refractivity (Wildman–Crippen MR) is 62.9 cm³/mol. The highest BCUT2D eigenvalue weighted by molar-refractivity contribution is 5.42. The third kappa shape index (κ3) is 3.40. The minimum absolute atomic E-state index is 0.0908. The Labute approximate surface area is 96.2 Å². The second-order valence-corrected chi connectivity index (χ2v) is 3.65. The van der Waals surface area contributed by atoms with Gasteiger partial charge in [0.25, 0.3) is 0 Å². The van der Waals surface area contributed by atoms with Crippen LogP contribution >= 0.6 is 0 Å². The molecule has 0 amide bonds. The highest BCUT2D eigenvalue weighted by atomic mass is 16.5. The van der Waals surface area contributed by atoms with Gasteiger partial charge in [-0.1, -0.05) is 6.07 Å². The van der Waals surface area contributed by atoms with Crippen LogP contribution < -0.4 is 14.8 Å². The number of benzene rings is 1. The molecule has 1 rings (SSSR count). The second-order valence-electron chi connectivity index (χ2n) is 3.65. The molecule has 1 aromatic rings. The number of nitrogens with one attached hydrogen (secondary N) is 1. The van der Waals surface area contributed by atoms with Crippen LogP contribution in [0.15, 0.2) is 18.2 Å². The van der Waals surface area contributed by atoms with E-state index in [-0.39, 0.29) is 12.6 Å². The Hall–Kier alpha value is -1.26. The van der Waals surface area contributed by atoms with Gasteiger partial charge in [-0.2, -0.15) is 0 Å². The van der Waals surface area contributed by atoms with E-state index in [9.17, 15) is 0 Å². The number of ether oxygens (including phenoxy) is 2. The summed E-state index contributed by atoms with van der Waals surface area (Å²) in [6.45, 7) is 2.76. The van der Waals surface area contributed by atoms with Crippen LogP contribution in [0.2, 0.25) is 0 Å². The van der Waals surface area contributed by atoms with Gasteiger partial charge in [0.1, 0.15) is 0 Å². The molecule has 0 aliphatic carbocycles. The Balaban J connectivity index is 2.67. The van der Waals surface area contributed by atoms with Crippen molar-refractivity contribution in [2.24, 2.45) is 0 Å².